The van der Waals surface area contributed by atoms with E-state index >= 15 is 0 Å². The monoisotopic (exact) mass is 202 g/mol. The predicted molar refractivity (Wildman–Crippen MR) is 60.3 cm³/mol. The summed E-state index contributed by atoms with van der Waals surface area (Å²) in [4.78, 5) is 13.6. The fraction of sp³-hybridized carbons (Fsp3) is 0.385. The number of rotatable bonds is 3. The van der Waals surface area contributed by atoms with Crippen molar-refractivity contribution in [2.24, 2.45) is 0 Å². The van der Waals surface area contributed by atoms with E-state index in [1.165, 1.54) is 5.56 Å². The van der Waals surface area contributed by atoms with Crippen LogP contribution in [0.2, 0.25) is 0 Å². The number of benzene rings is 1. The van der Waals surface area contributed by atoms with Crippen LogP contribution in [0.4, 0.5) is 0 Å². The lowest BCUT2D eigenvalue weighted by Crippen LogP contribution is -2.28. The molecule has 0 N–H and O–H groups in total. The molecular weight excluding hydrogens is 186 g/mol. The quantitative estimate of drug-likeness (QED) is 0.734. The van der Waals surface area contributed by atoms with Crippen molar-refractivity contribution < 1.29 is 4.79 Å². The largest absolute Gasteiger partial charge is 0.342 e. The molecule has 79 valence electrons. The molecule has 0 atom stereocenters. The standard InChI is InChI=1S/C13H16NO/c15-13(14-10-4-5-11-14)9-8-12-6-2-1-3-7-12/h1-3,6-7,9H,4-5,8,10-11H2. The highest BCUT2D eigenvalue weighted by molar-refractivity contribution is 5.85. The van der Waals surface area contributed by atoms with Gasteiger partial charge in [0, 0.05) is 13.1 Å². The Hall–Kier alpha value is -1.31. The molecule has 0 saturated carbocycles. The first-order chi connectivity index (χ1) is 7.36. The topological polar surface area (TPSA) is 20.3 Å². The molecule has 0 aliphatic carbocycles. The van der Waals surface area contributed by atoms with Crippen LogP contribution in [0, 0.1) is 6.42 Å². The molecule has 15 heavy (non-hydrogen) atoms. The van der Waals surface area contributed by atoms with Gasteiger partial charge in [0.2, 0.25) is 5.91 Å². The van der Waals surface area contributed by atoms with Gasteiger partial charge in [0.25, 0.3) is 0 Å². The predicted octanol–water partition coefficient (Wildman–Crippen LogP) is 2.06. The molecule has 1 aromatic rings. The van der Waals surface area contributed by atoms with Crippen molar-refractivity contribution in [3.8, 4) is 0 Å². The summed E-state index contributed by atoms with van der Waals surface area (Å²) in [5, 5.41) is 0. The Bertz CT molecular complexity index is 315. The maximum absolute atomic E-state index is 11.7. The highest BCUT2D eigenvalue weighted by Gasteiger charge is 2.17. The highest BCUT2D eigenvalue weighted by Crippen LogP contribution is 2.10. The van der Waals surface area contributed by atoms with Crippen LogP contribution in [0.25, 0.3) is 0 Å². The normalized spacial score (nSPS) is 15.6. The summed E-state index contributed by atoms with van der Waals surface area (Å²) in [6, 6.07) is 10.1. The SMILES string of the molecule is O=C([CH]Cc1ccccc1)N1CCCC1. The third-order valence-corrected chi connectivity index (χ3v) is 2.77. The van der Waals surface area contributed by atoms with E-state index in [1.807, 2.05) is 35.2 Å². The summed E-state index contributed by atoms with van der Waals surface area (Å²) in [6.07, 6.45) is 4.85. The maximum atomic E-state index is 11.7. The lowest BCUT2D eigenvalue weighted by molar-refractivity contribution is -0.126. The first-order valence-corrected chi connectivity index (χ1v) is 5.52. The summed E-state index contributed by atoms with van der Waals surface area (Å²) in [7, 11) is 0. The fourth-order valence-corrected chi connectivity index (χ4v) is 1.89. The van der Waals surface area contributed by atoms with Crippen molar-refractivity contribution in [2.75, 3.05) is 13.1 Å². The Kier molecular flexibility index (Phi) is 3.38. The van der Waals surface area contributed by atoms with Gasteiger partial charge in [0.1, 0.15) is 0 Å². The molecule has 1 radical (unpaired) electrons. The van der Waals surface area contributed by atoms with Crippen LogP contribution in [-0.2, 0) is 11.2 Å². The second-order valence-corrected chi connectivity index (χ2v) is 3.93. The van der Waals surface area contributed by atoms with Gasteiger partial charge >= 0.3 is 0 Å². The van der Waals surface area contributed by atoms with Gasteiger partial charge in [0.15, 0.2) is 0 Å². The number of amides is 1. The fourth-order valence-electron chi connectivity index (χ4n) is 1.89. The third-order valence-electron chi connectivity index (χ3n) is 2.77. The van der Waals surface area contributed by atoms with Crippen molar-refractivity contribution in [3.63, 3.8) is 0 Å². The van der Waals surface area contributed by atoms with E-state index in [4.69, 9.17) is 0 Å². The molecule has 2 nitrogen and oxygen atoms in total. The van der Waals surface area contributed by atoms with E-state index in [-0.39, 0.29) is 5.91 Å². The van der Waals surface area contributed by atoms with Crippen LogP contribution in [-0.4, -0.2) is 23.9 Å². The molecule has 1 amide bonds. The lowest BCUT2D eigenvalue weighted by atomic mass is 10.1. The Morgan fingerprint density at radius 3 is 2.53 bits per heavy atom. The van der Waals surface area contributed by atoms with E-state index < -0.39 is 0 Å². The van der Waals surface area contributed by atoms with Gasteiger partial charge < -0.3 is 4.90 Å². The smallest absolute Gasteiger partial charge is 0.226 e. The minimum absolute atomic E-state index is 0.191. The van der Waals surface area contributed by atoms with Crippen LogP contribution in [0.5, 0.6) is 0 Å². The van der Waals surface area contributed by atoms with Crippen molar-refractivity contribution in [2.45, 2.75) is 19.3 Å². The molecule has 2 rings (SSSR count). The van der Waals surface area contributed by atoms with E-state index in [0.717, 1.165) is 32.4 Å². The van der Waals surface area contributed by atoms with Crippen molar-refractivity contribution in [3.05, 3.63) is 42.3 Å². The summed E-state index contributed by atoms with van der Waals surface area (Å²) >= 11 is 0. The molecule has 1 aliphatic heterocycles. The summed E-state index contributed by atoms with van der Waals surface area (Å²) in [5.41, 5.74) is 1.20. The summed E-state index contributed by atoms with van der Waals surface area (Å²) < 4.78 is 0. The van der Waals surface area contributed by atoms with Crippen LogP contribution in [0.3, 0.4) is 0 Å². The van der Waals surface area contributed by atoms with Gasteiger partial charge in [-0.3, -0.25) is 4.79 Å². The van der Waals surface area contributed by atoms with Gasteiger partial charge in [-0.1, -0.05) is 30.3 Å². The van der Waals surface area contributed by atoms with Gasteiger partial charge in [-0.25, -0.2) is 0 Å². The zero-order chi connectivity index (χ0) is 10.5. The van der Waals surface area contributed by atoms with Gasteiger partial charge in [-0.15, -0.1) is 0 Å². The van der Waals surface area contributed by atoms with E-state index in [1.54, 1.807) is 6.42 Å². The van der Waals surface area contributed by atoms with E-state index in [0.29, 0.717) is 0 Å². The number of nitrogens with zero attached hydrogens (tertiary/aromatic N) is 1. The molecule has 1 fully saturated rings. The Morgan fingerprint density at radius 2 is 1.87 bits per heavy atom. The molecule has 1 aliphatic rings. The average Bonchev–Trinajstić information content (AvgIpc) is 2.81. The van der Waals surface area contributed by atoms with Gasteiger partial charge in [-0.05, 0) is 24.8 Å². The van der Waals surface area contributed by atoms with E-state index in [9.17, 15) is 4.79 Å². The number of hydrogen-bond donors (Lipinski definition) is 0. The van der Waals surface area contributed by atoms with E-state index in [2.05, 4.69) is 0 Å². The Morgan fingerprint density at radius 1 is 1.20 bits per heavy atom. The number of likely N-dealkylation sites (tertiary alicyclic amines) is 1. The summed E-state index contributed by atoms with van der Waals surface area (Å²) in [6.45, 7) is 1.87. The van der Waals surface area contributed by atoms with Crippen molar-refractivity contribution in [1.29, 1.82) is 0 Å². The van der Waals surface area contributed by atoms with Crippen LogP contribution in [0.15, 0.2) is 30.3 Å². The molecule has 0 aromatic heterocycles. The maximum Gasteiger partial charge on any atom is 0.226 e. The van der Waals surface area contributed by atoms with Crippen molar-refractivity contribution >= 4 is 5.91 Å². The Labute approximate surface area is 90.9 Å². The molecule has 2 heteroatoms. The van der Waals surface area contributed by atoms with Crippen LogP contribution in [0.1, 0.15) is 18.4 Å². The molecule has 0 bridgehead atoms. The number of hydrogen-bond acceptors (Lipinski definition) is 1. The van der Waals surface area contributed by atoms with Gasteiger partial charge in [0.05, 0.1) is 6.42 Å². The molecule has 1 aromatic carbocycles. The van der Waals surface area contributed by atoms with Gasteiger partial charge in [-0.2, -0.15) is 0 Å². The molecule has 1 saturated heterocycles. The molecular formula is C13H16NO. The zero-order valence-electron chi connectivity index (χ0n) is 8.86. The second-order valence-electron chi connectivity index (χ2n) is 3.93. The third kappa shape index (κ3) is 2.82. The minimum Gasteiger partial charge on any atom is -0.342 e. The molecule has 1 heterocycles. The van der Waals surface area contributed by atoms with Crippen molar-refractivity contribution in [1.82, 2.24) is 4.90 Å². The average molecular weight is 202 g/mol. The second kappa shape index (κ2) is 4.96. The van der Waals surface area contributed by atoms with Crippen LogP contribution < -0.4 is 0 Å². The molecule has 0 spiro atoms. The number of carbonyl (C=O) groups is 1. The Balaban J connectivity index is 1.80. The minimum atomic E-state index is 0.191. The lowest BCUT2D eigenvalue weighted by Gasteiger charge is -2.14. The first-order valence-electron chi connectivity index (χ1n) is 5.52. The summed E-state index contributed by atoms with van der Waals surface area (Å²) in [5.74, 6) is 0.191. The molecule has 0 unspecified atom stereocenters. The number of carbonyl (C=O) groups excluding carboxylic acids is 1. The highest BCUT2D eigenvalue weighted by atomic mass is 16.2. The first kappa shape index (κ1) is 10.2. The zero-order valence-corrected chi connectivity index (χ0v) is 8.86. The van der Waals surface area contributed by atoms with Crippen LogP contribution >= 0.6 is 0 Å².